The van der Waals surface area contributed by atoms with Crippen LogP contribution in [0.15, 0.2) is 30.3 Å². The Morgan fingerprint density at radius 3 is 2.37 bits per heavy atom. The SMILES string of the molecule is CC(C)C1(O)CCC(OC(=O)c2ccccc2)CC1. The van der Waals surface area contributed by atoms with Gasteiger partial charge in [0, 0.05) is 0 Å². The molecule has 0 radical (unpaired) electrons. The quantitative estimate of drug-likeness (QED) is 0.851. The van der Waals surface area contributed by atoms with Crippen molar-refractivity contribution >= 4 is 5.97 Å². The van der Waals surface area contributed by atoms with Crippen molar-refractivity contribution < 1.29 is 14.6 Å². The van der Waals surface area contributed by atoms with E-state index >= 15 is 0 Å². The van der Waals surface area contributed by atoms with Crippen LogP contribution in [0.2, 0.25) is 0 Å². The van der Waals surface area contributed by atoms with Crippen molar-refractivity contribution in [2.45, 2.75) is 51.2 Å². The average molecular weight is 262 g/mol. The van der Waals surface area contributed by atoms with Gasteiger partial charge in [0.2, 0.25) is 0 Å². The van der Waals surface area contributed by atoms with Gasteiger partial charge in [-0.1, -0.05) is 32.0 Å². The van der Waals surface area contributed by atoms with Gasteiger partial charge in [-0.2, -0.15) is 0 Å². The molecule has 0 unspecified atom stereocenters. The first-order valence-corrected chi connectivity index (χ1v) is 7.00. The van der Waals surface area contributed by atoms with Crippen LogP contribution in [-0.4, -0.2) is 22.8 Å². The molecule has 3 nitrogen and oxygen atoms in total. The third kappa shape index (κ3) is 3.35. The minimum absolute atomic E-state index is 0.0632. The molecule has 1 N–H and O–H groups in total. The second kappa shape index (κ2) is 5.74. The highest BCUT2D eigenvalue weighted by atomic mass is 16.5. The standard InChI is InChI=1S/C16H22O3/c1-12(2)16(18)10-8-14(9-11-16)19-15(17)13-6-4-3-5-7-13/h3-7,12,14,18H,8-11H2,1-2H3. The minimum Gasteiger partial charge on any atom is -0.459 e. The maximum atomic E-state index is 11.9. The lowest BCUT2D eigenvalue weighted by atomic mass is 9.76. The Morgan fingerprint density at radius 1 is 1.26 bits per heavy atom. The van der Waals surface area contributed by atoms with Crippen LogP contribution in [0.5, 0.6) is 0 Å². The van der Waals surface area contributed by atoms with E-state index in [0.29, 0.717) is 18.4 Å². The van der Waals surface area contributed by atoms with Crippen LogP contribution >= 0.6 is 0 Å². The van der Waals surface area contributed by atoms with E-state index in [1.165, 1.54) is 0 Å². The third-order valence-electron chi connectivity index (χ3n) is 4.16. The summed E-state index contributed by atoms with van der Waals surface area (Å²) in [7, 11) is 0. The lowest BCUT2D eigenvalue weighted by molar-refractivity contribution is -0.0691. The molecule has 19 heavy (non-hydrogen) atoms. The minimum atomic E-state index is -0.588. The summed E-state index contributed by atoms with van der Waals surface area (Å²) in [5.41, 5.74) is 0.00235. The van der Waals surface area contributed by atoms with E-state index < -0.39 is 5.60 Å². The summed E-state index contributed by atoms with van der Waals surface area (Å²) in [5.74, 6) is -0.0149. The monoisotopic (exact) mass is 262 g/mol. The highest BCUT2D eigenvalue weighted by Gasteiger charge is 2.37. The molecule has 0 spiro atoms. The van der Waals surface area contributed by atoms with Gasteiger partial charge < -0.3 is 9.84 Å². The predicted molar refractivity (Wildman–Crippen MR) is 73.9 cm³/mol. The van der Waals surface area contributed by atoms with Crippen molar-refractivity contribution in [3.63, 3.8) is 0 Å². The number of carbonyl (C=O) groups is 1. The van der Waals surface area contributed by atoms with Gasteiger partial charge in [0.1, 0.15) is 6.10 Å². The number of benzene rings is 1. The molecule has 1 saturated carbocycles. The van der Waals surface area contributed by atoms with Gasteiger partial charge >= 0.3 is 5.97 Å². The summed E-state index contributed by atoms with van der Waals surface area (Å²) in [4.78, 5) is 11.9. The Labute approximate surface area is 114 Å². The number of hydrogen-bond donors (Lipinski definition) is 1. The fourth-order valence-corrected chi connectivity index (χ4v) is 2.58. The van der Waals surface area contributed by atoms with Crippen LogP contribution in [0.3, 0.4) is 0 Å². The van der Waals surface area contributed by atoms with Crippen LogP contribution in [0.1, 0.15) is 49.9 Å². The molecule has 0 aliphatic heterocycles. The van der Waals surface area contributed by atoms with Crippen molar-refractivity contribution in [1.82, 2.24) is 0 Å². The number of rotatable bonds is 3. The van der Waals surface area contributed by atoms with E-state index in [9.17, 15) is 9.90 Å². The van der Waals surface area contributed by atoms with Gasteiger partial charge in [-0.25, -0.2) is 4.79 Å². The molecule has 0 aromatic heterocycles. The molecular formula is C16H22O3. The van der Waals surface area contributed by atoms with Gasteiger partial charge in [0.05, 0.1) is 11.2 Å². The second-order valence-corrected chi connectivity index (χ2v) is 5.73. The number of ether oxygens (including phenoxy) is 1. The van der Waals surface area contributed by atoms with E-state index in [-0.39, 0.29) is 18.0 Å². The smallest absolute Gasteiger partial charge is 0.338 e. The van der Waals surface area contributed by atoms with Crippen LogP contribution < -0.4 is 0 Å². The molecule has 0 bridgehead atoms. The molecule has 0 amide bonds. The molecule has 104 valence electrons. The topological polar surface area (TPSA) is 46.5 Å². The van der Waals surface area contributed by atoms with E-state index in [0.717, 1.165) is 12.8 Å². The molecule has 3 heteroatoms. The molecule has 2 rings (SSSR count). The zero-order valence-corrected chi connectivity index (χ0v) is 11.6. The highest BCUT2D eigenvalue weighted by molar-refractivity contribution is 5.89. The van der Waals surface area contributed by atoms with E-state index in [1.54, 1.807) is 12.1 Å². The molecule has 1 aromatic carbocycles. The lowest BCUT2D eigenvalue weighted by Gasteiger charge is -2.38. The van der Waals surface area contributed by atoms with Crippen LogP contribution in [0.4, 0.5) is 0 Å². The molecule has 0 atom stereocenters. The van der Waals surface area contributed by atoms with Gasteiger partial charge in [-0.3, -0.25) is 0 Å². The maximum Gasteiger partial charge on any atom is 0.338 e. The highest BCUT2D eigenvalue weighted by Crippen LogP contribution is 2.35. The fraction of sp³-hybridized carbons (Fsp3) is 0.562. The van der Waals surface area contributed by atoms with Crippen molar-refractivity contribution in [3.8, 4) is 0 Å². The average Bonchev–Trinajstić information content (AvgIpc) is 2.42. The normalized spacial score (nSPS) is 27.3. The Morgan fingerprint density at radius 2 is 1.84 bits per heavy atom. The summed E-state index contributed by atoms with van der Waals surface area (Å²) in [6.07, 6.45) is 2.83. The number of hydrogen-bond acceptors (Lipinski definition) is 3. The first-order chi connectivity index (χ1) is 9.01. The molecule has 0 heterocycles. The number of aliphatic hydroxyl groups is 1. The van der Waals surface area contributed by atoms with Crippen LogP contribution in [0.25, 0.3) is 0 Å². The van der Waals surface area contributed by atoms with Crippen molar-refractivity contribution in [1.29, 1.82) is 0 Å². The van der Waals surface area contributed by atoms with Gasteiger partial charge in [-0.15, -0.1) is 0 Å². The first kappa shape index (κ1) is 14.1. The Bertz CT molecular complexity index is 417. The lowest BCUT2D eigenvalue weighted by Crippen LogP contribution is -2.41. The molecule has 1 aliphatic carbocycles. The third-order valence-corrected chi connectivity index (χ3v) is 4.16. The van der Waals surface area contributed by atoms with E-state index in [1.807, 2.05) is 32.0 Å². The Kier molecular flexibility index (Phi) is 4.25. The van der Waals surface area contributed by atoms with Crippen LogP contribution in [0, 0.1) is 5.92 Å². The number of carbonyl (C=O) groups excluding carboxylic acids is 1. The Hall–Kier alpha value is -1.35. The van der Waals surface area contributed by atoms with Crippen molar-refractivity contribution in [2.24, 2.45) is 5.92 Å². The van der Waals surface area contributed by atoms with Crippen molar-refractivity contribution in [3.05, 3.63) is 35.9 Å². The van der Waals surface area contributed by atoms with Gasteiger partial charge in [0.25, 0.3) is 0 Å². The van der Waals surface area contributed by atoms with Gasteiger partial charge in [-0.05, 0) is 43.7 Å². The first-order valence-electron chi connectivity index (χ1n) is 7.00. The summed E-state index contributed by atoms with van der Waals surface area (Å²) >= 11 is 0. The molecule has 1 fully saturated rings. The fourth-order valence-electron chi connectivity index (χ4n) is 2.58. The largest absolute Gasteiger partial charge is 0.459 e. The molecule has 1 aliphatic rings. The maximum absolute atomic E-state index is 11.9. The van der Waals surface area contributed by atoms with Crippen LogP contribution in [-0.2, 0) is 4.74 Å². The number of esters is 1. The summed E-state index contributed by atoms with van der Waals surface area (Å²) in [6.45, 7) is 4.08. The van der Waals surface area contributed by atoms with Gasteiger partial charge in [0.15, 0.2) is 0 Å². The summed E-state index contributed by atoms with van der Waals surface area (Å²) < 4.78 is 5.50. The second-order valence-electron chi connectivity index (χ2n) is 5.73. The summed E-state index contributed by atoms with van der Waals surface area (Å²) in [6, 6.07) is 9.05. The summed E-state index contributed by atoms with van der Waals surface area (Å²) in [5, 5.41) is 10.4. The van der Waals surface area contributed by atoms with E-state index in [4.69, 9.17) is 4.74 Å². The van der Waals surface area contributed by atoms with E-state index in [2.05, 4.69) is 0 Å². The predicted octanol–water partition coefficient (Wildman–Crippen LogP) is 3.17. The zero-order valence-electron chi connectivity index (χ0n) is 11.6. The molecule has 1 aromatic rings. The molecular weight excluding hydrogens is 240 g/mol. The molecule has 0 saturated heterocycles. The van der Waals surface area contributed by atoms with Crippen molar-refractivity contribution in [2.75, 3.05) is 0 Å². The zero-order chi connectivity index (χ0) is 13.9. The Balaban J connectivity index is 1.88.